The first kappa shape index (κ1) is 27.0. The minimum absolute atomic E-state index is 0.823. The molecule has 0 N–H and O–H groups in total. The van der Waals surface area contributed by atoms with Gasteiger partial charge in [-0.2, -0.15) is 0 Å². The normalized spacial score (nSPS) is 12.8. The predicted molar refractivity (Wildman–Crippen MR) is 125 cm³/mol. The maximum atomic E-state index is 2.80. The van der Waals surface area contributed by atoms with Gasteiger partial charge in [0.15, 0.2) is 0 Å². The molecule has 0 bridgehead atoms. The third-order valence-electron chi connectivity index (χ3n) is 6.04. The van der Waals surface area contributed by atoms with Gasteiger partial charge < -0.3 is 4.90 Å². The van der Waals surface area contributed by atoms with Gasteiger partial charge in [0.25, 0.3) is 0 Å². The summed E-state index contributed by atoms with van der Waals surface area (Å²) < 4.78 is 0. The van der Waals surface area contributed by atoms with Gasteiger partial charge in [-0.3, -0.25) is 0 Å². The second kappa shape index (κ2) is 22.3. The molecule has 0 aliphatic carbocycles. The number of unbranched alkanes of at least 4 members (excludes halogenated alkanes) is 14. The molecule has 0 aromatic rings. The van der Waals surface area contributed by atoms with E-state index in [1.807, 2.05) is 0 Å². The zero-order chi connectivity index (χ0) is 20.0. The molecule has 0 saturated carbocycles. The van der Waals surface area contributed by atoms with Gasteiger partial charge in [0.2, 0.25) is 0 Å². The molecule has 0 aliphatic rings. The van der Waals surface area contributed by atoms with Gasteiger partial charge in [0.05, 0.1) is 0 Å². The van der Waals surface area contributed by atoms with Crippen LogP contribution in [0.15, 0.2) is 0 Å². The average molecular weight is 381 g/mol. The van der Waals surface area contributed by atoms with E-state index < -0.39 is 0 Å². The summed E-state index contributed by atoms with van der Waals surface area (Å²) in [7, 11) is 0. The Kier molecular flexibility index (Phi) is 22.2. The van der Waals surface area contributed by atoms with Crippen molar-refractivity contribution in [2.24, 2.45) is 0 Å². The zero-order valence-corrected chi connectivity index (χ0v) is 19.7. The lowest BCUT2D eigenvalue weighted by Crippen LogP contribution is -2.36. The van der Waals surface area contributed by atoms with Crippen LogP contribution in [0.25, 0.3) is 0 Å². The minimum atomic E-state index is 0.823. The van der Waals surface area contributed by atoms with Crippen LogP contribution in [0, 0.1) is 6.42 Å². The highest BCUT2D eigenvalue weighted by Gasteiger charge is 2.15. The molecular weight excluding hydrogens is 326 g/mol. The second-order valence-electron chi connectivity index (χ2n) is 8.64. The van der Waals surface area contributed by atoms with E-state index in [4.69, 9.17) is 0 Å². The molecule has 1 unspecified atom stereocenters. The molecule has 0 fully saturated rings. The Balaban J connectivity index is 3.60. The average Bonchev–Trinajstić information content (AvgIpc) is 2.69. The Hall–Kier alpha value is -0.0400. The summed E-state index contributed by atoms with van der Waals surface area (Å²) in [5, 5.41) is 0. The third kappa shape index (κ3) is 17.8. The summed E-state index contributed by atoms with van der Waals surface area (Å²) in [6, 6.07) is 0.823. The van der Waals surface area contributed by atoms with Crippen molar-refractivity contribution in [2.75, 3.05) is 13.1 Å². The second-order valence-corrected chi connectivity index (χ2v) is 8.64. The monoisotopic (exact) mass is 380 g/mol. The van der Waals surface area contributed by atoms with Crippen LogP contribution >= 0.6 is 0 Å². The highest BCUT2D eigenvalue weighted by Crippen LogP contribution is 2.17. The number of rotatable bonds is 22. The fraction of sp³-hybridized carbons (Fsp3) is 0.962. The van der Waals surface area contributed by atoms with Crippen LogP contribution in [0.3, 0.4) is 0 Å². The van der Waals surface area contributed by atoms with Crippen LogP contribution in [0.5, 0.6) is 0 Å². The highest BCUT2D eigenvalue weighted by atomic mass is 15.1. The Morgan fingerprint density at radius 3 is 1.56 bits per heavy atom. The van der Waals surface area contributed by atoms with Crippen LogP contribution < -0.4 is 0 Å². The summed E-state index contributed by atoms with van der Waals surface area (Å²) in [5.74, 6) is 0. The molecule has 0 rings (SSSR count). The Morgan fingerprint density at radius 2 is 1.04 bits per heavy atom. The third-order valence-corrected chi connectivity index (χ3v) is 6.04. The zero-order valence-electron chi connectivity index (χ0n) is 19.7. The summed E-state index contributed by atoms with van der Waals surface area (Å²) in [6.07, 6.45) is 27.7. The van der Waals surface area contributed by atoms with Gasteiger partial charge in [0, 0.05) is 6.04 Å². The van der Waals surface area contributed by atoms with Crippen LogP contribution in [-0.2, 0) is 0 Å². The Bertz CT molecular complexity index is 255. The van der Waals surface area contributed by atoms with Crippen molar-refractivity contribution in [3.8, 4) is 0 Å². The molecular formula is C26H54N. The van der Waals surface area contributed by atoms with Gasteiger partial charge >= 0.3 is 0 Å². The molecule has 0 saturated heterocycles. The SMILES string of the molecule is CCCCCCCCCCC[CH]CCCC(CC)N(CCCC)CCCC. The van der Waals surface area contributed by atoms with E-state index in [0.717, 1.165) is 6.04 Å². The molecule has 1 radical (unpaired) electrons. The summed E-state index contributed by atoms with van der Waals surface area (Å²) >= 11 is 0. The highest BCUT2D eigenvalue weighted by molar-refractivity contribution is 4.73. The molecule has 27 heavy (non-hydrogen) atoms. The quantitative estimate of drug-likeness (QED) is 0.169. The molecule has 1 nitrogen and oxygen atoms in total. The summed E-state index contributed by atoms with van der Waals surface area (Å²) in [6.45, 7) is 12.0. The Morgan fingerprint density at radius 1 is 0.556 bits per heavy atom. The topological polar surface area (TPSA) is 3.24 Å². The van der Waals surface area contributed by atoms with Crippen molar-refractivity contribution in [1.29, 1.82) is 0 Å². The predicted octanol–water partition coefficient (Wildman–Crippen LogP) is 8.96. The lowest BCUT2D eigenvalue weighted by Gasteiger charge is -2.31. The lowest BCUT2D eigenvalue weighted by molar-refractivity contribution is 0.173. The maximum absolute atomic E-state index is 2.80. The first-order valence-corrected chi connectivity index (χ1v) is 12.9. The van der Waals surface area contributed by atoms with Crippen molar-refractivity contribution >= 4 is 0 Å². The molecule has 163 valence electrons. The van der Waals surface area contributed by atoms with Crippen molar-refractivity contribution in [3.05, 3.63) is 6.42 Å². The van der Waals surface area contributed by atoms with Crippen LogP contribution in [0.1, 0.15) is 143 Å². The van der Waals surface area contributed by atoms with E-state index in [1.165, 1.54) is 129 Å². The van der Waals surface area contributed by atoms with E-state index in [0.29, 0.717) is 0 Å². The number of nitrogens with zero attached hydrogens (tertiary/aromatic N) is 1. The number of hydrogen-bond donors (Lipinski definition) is 0. The minimum Gasteiger partial charge on any atom is -0.300 e. The summed E-state index contributed by atoms with van der Waals surface area (Å²) in [5.41, 5.74) is 0. The van der Waals surface area contributed by atoms with E-state index in [-0.39, 0.29) is 0 Å². The van der Waals surface area contributed by atoms with E-state index in [9.17, 15) is 0 Å². The van der Waals surface area contributed by atoms with Crippen LogP contribution in [-0.4, -0.2) is 24.0 Å². The van der Waals surface area contributed by atoms with Crippen molar-refractivity contribution in [1.82, 2.24) is 4.90 Å². The maximum Gasteiger partial charge on any atom is 0.00926 e. The molecule has 0 heterocycles. The molecule has 0 amide bonds. The van der Waals surface area contributed by atoms with Gasteiger partial charge in [-0.15, -0.1) is 0 Å². The smallest absolute Gasteiger partial charge is 0.00926 e. The molecule has 0 aromatic heterocycles. The molecule has 1 atom stereocenters. The standard InChI is InChI=1S/C26H54N/c1-5-9-12-13-14-15-16-17-18-19-20-21-22-23-26(8-4)27(24-10-6-2)25-11-7-3/h20,26H,5-19,21-25H2,1-4H3. The van der Waals surface area contributed by atoms with Gasteiger partial charge in [-0.1, -0.05) is 118 Å². The van der Waals surface area contributed by atoms with Gasteiger partial charge in [-0.05, 0) is 45.2 Å². The summed E-state index contributed by atoms with van der Waals surface area (Å²) in [4.78, 5) is 2.80. The first-order chi connectivity index (χ1) is 13.3. The first-order valence-electron chi connectivity index (χ1n) is 12.9. The molecule has 0 aromatic carbocycles. The largest absolute Gasteiger partial charge is 0.300 e. The Labute approximate surface area is 174 Å². The van der Waals surface area contributed by atoms with Crippen molar-refractivity contribution < 1.29 is 0 Å². The fourth-order valence-corrected chi connectivity index (χ4v) is 4.09. The molecule has 1 heteroatoms. The van der Waals surface area contributed by atoms with Gasteiger partial charge in [-0.25, -0.2) is 0 Å². The van der Waals surface area contributed by atoms with Gasteiger partial charge in [0.1, 0.15) is 0 Å². The van der Waals surface area contributed by atoms with E-state index in [2.05, 4.69) is 39.0 Å². The van der Waals surface area contributed by atoms with E-state index in [1.54, 1.807) is 0 Å². The lowest BCUT2D eigenvalue weighted by atomic mass is 10.0. The number of hydrogen-bond acceptors (Lipinski definition) is 1. The van der Waals surface area contributed by atoms with Crippen LogP contribution in [0.4, 0.5) is 0 Å². The molecule has 0 aliphatic heterocycles. The van der Waals surface area contributed by atoms with E-state index >= 15 is 0 Å². The molecule has 0 spiro atoms. The fourth-order valence-electron chi connectivity index (χ4n) is 4.09. The van der Waals surface area contributed by atoms with Crippen molar-refractivity contribution in [3.63, 3.8) is 0 Å². The van der Waals surface area contributed by atoms with Crippen LogP contribution in [0.2, 0.25) is 0 Å². The van der Waals surface area contributed by atoms with Crippen molar-refractivity contribution in [2.45, 2.75) is 149 Å².